The van der Waals surface area contributed by atoms with Gasteiger partial charge in [0.15, 0.2) is 0 Å². The van der Waals surface area contributed by atoms with Gasteiger partial charge in [-0.15, -0.1) is 0 Å². The van der Waals surface area contributed by atoms with Gasteiger partial charge in [0.1, 0.15) is 12.4 Å². The topological polar surface area (TPSA) is 105 Å². The van der Waals surface area contributed by atoms with Crippen molar-refractivity contribution in [2.75, 3.05) is 17.8 Å². The minimum Gasteiger partial charge on any atom is -0.489 e. The summed E-state index contributed by atoms with van der Waals surface area (Å²) in [5, 5.41) is 12.8. The fraction of sp³-hybridized carbons (Fsp3) is 0.240. The molecule has 0 saturated carbocycles. The number of carboxylic acids is 1. The van der Waals surface area contributed by atoms with Gasteiger partial charge in [0, 0.05) is 18.2 Å². The average Bonchev–Trinajstić information content (AvgIpc) is 2.83. The van der Waals surface area contributed by atoms with Crippen LogP contribution in [0, 0.1) is 5.92 Å². The molecule has 33 heavy (non-hydrogen) atoms. The van der Waals surface area contributed by atoms with E-state index in [1.807, 2.05) is 36.4 Å². The summed E-state index contributed by atoms with van der Waals surface area (Å²) in [5.74, 6) is -0.977. The Labute approximate surface area is 193 Å². The second kappa shape index (κ2) is 10.1. The Kier molecular flexibility index (Phi) is 6.96. The first-order valence-electron chi connectivity index (χ1n) is 10.8. The van der Waals surface area contributed by atoms with Crippen molar-refractivity contribution in [3.8, 4) is 5.75 Å². The Hall–Kier alpha value is -3.36. The predicted octanol–water partition coefficient (Wildman–Crippen LogP) is 3.84. The van der Waals surface area contributed by atoms with E-state index in [2.05, 4.69) is 10.0 Å². The molecule has 1 aliphatic heterocycles. The lowest BCUT2D eigenvalue weighted by molar-refractivity contribution is -0.143. The van der Waals surface area contributed by atoms with E-state index in [0.29, 0.717) is 37.6 Å². The lowest BCUT2D eigenvalue weighted by atomic mass is 9.81. The quantitative estimate of drug-likeness (QED) is 0.466. The fourth-order valence-electron chi connectivity index (χ4n) is 4.01. The fourth-order valence-corrected chi connectivity index (χ4v) is 5.06. The van der Waals surface area contributed by atoms with Gasteiger partial charge < -0.3 is 15.2 Å². The lowest BCUT2D eigenvalue weighted by Gasteiger charge is -2.29. The van der Waals surface area contributed by atoms with Crippen LogP contribution in [-0.2, 0) is 21.4 Å². The van der Waals surface area contributed by atoms with E-state index in [1.165, 1.54) is 12.1 Å². The Morgan fingerprint density at radius 2 is 1.79 bits per heavy atom. The van der Waals surface area contributed by atoms with Gasteiger partial charge in [-0.1, -0.05) is 42.5 Å². The minimum atomic E-state index is -3.81. The van der Waals surface area contributed by atoms with Crippen LogP contribution in [0.5, 0.6) is 5.75 Å². The first kappa shape index (κ1) is 22.8. The molecule has 1 fully saturated rings. The number of piperidine rings is 1. The van der Waals surface area contributed by atoms with Gasteiger partial charge in [0.2, 0.25) is 0 Å². The summed E-state index contributed by atoms with van der Waals surface area (Å²) in [7, 11) is -3.81. The van der Waals surface area contributed by atoms with Crippen LogP contribution in [0.3, 0.4) is 0 Å². The monoisotopic (exact) mass is 466 g/mol. The van der Waals surface area contributed by atoms with E-state index in [9.17, 15) is 18.3 Å². The summed E-state index contributed by atoms with van der Waals surface area (Å²) < 4.78 is 34.1. The maximum atomic E-state index is 12.9. The number of benzene rings is 3. The third kappa shape index (κ3) is 5.71. The lowest BCUT2D eigenvalue weighted by Crippen LogP contribution is -2.38. The second-order valence-electron chi connectivity index (χ2n) is 8.02. The molecule has 8 heteroatoms. The SMILES string of the molecule is O=C(O)[C@@H]1CCNC[C@H]1c1cccc(NS(=O)(=O)c2ccc(OCc3ccccc3)cc2)c1. The van der Waals surface area contributed by atoms with Crippen molar-refractivity contribution in [1.82, 2.24) is 5.32 Å². The van der Waals surface area contributed by atoms with E-state index >= 15 is 0 Å². The third-order valence-electron chi connectivity index (χ3n) is 5.75. The number of ether oxygens (including phenoxy) is 1. The van der Waals surface area contributed by atoms with Crippen LogP contribution in [0.1, 0.15) is 23.5 Å². The molecule has 0 amide bonds. The minimum absolute atomic E-state index is 0.114. The van der Waals surface area contributed by atoms with E-state index in [-0.39, 0.29) is 10.8 Å². The smallest absolute Gasteiger partial charge is 0.307 e. The average molecular weight is 467 g/mol. The van der Waals surface area contributed by atoms with Crippen LogP contribution in [0.4, 0.5) is 5.69 Å². The molecule has 0 aliphatic carbocycles. The number of nitrogens with one attached hydrogen (secondary N) is 2. The molecule has 3 N–H and O–H groups in total. The highest BCUT2D eigenvalue weighted by molar-refractivity contribution is 7.92. The number of hydrogen-bond donors (Lipinski definition) is 3. The van der Waals surface area contributed by atoms with Gasteiger partial charge in [-0.3, -0.25) is 9.52 Å². The van der Waals surface area contributed by atoms with Crippen molar-refractivity contribution in [3.05, 3.63) is 90.0 Å². The van der Waals surface area contributed by atoms with Crippen molar-refractivity contribution in [1.29, 1.82) is 0 Å². The maximum absolute atomic E-state index is 12.9. The van der Waals surface area contributed by atoms with Crippen LogP contribution >= 0.6 is 0 Å². The molecule has 3 aromatic carbocycles. The van der Waals surface area contributed by atoms with Gasteiger partial charge in [0.25, 0.3) is 10.0 Å². The number of sulfonamides is 1. The first-order valence-corrected chi connectivity index (χ1v) is 12.2. The highest BCUT2D eigenvalue weighted by atomic mass is 32.2. The number of rotatable bonds is 8. The molecule has 0 spiro atoms. The van der Waals surface area contributed by atoms with Gasteiger partial charge in [0.05, 0.1) is 10.8 Å². The summed E-state index contributed by atoms with van der Waals surface area (Å²) in [6.07, 6.45) is 0.536. The van der Waals surface area contributed by atoms with Crippen LogP contribution in [-0.4, -0.2) is 32.6 Å². The molecule has 7 nitrogen and oxygen atoms in total. The molecular weight excluding hydrogens is 440 g/mol. The number of anilines is 1. The number of carboxylic acid groups (broad SMARTS) is 1. The first-order chi connectivity index (χ1) is 15.9. The molecule has 3 aromatic rings. The normalized spacial score (nSPS) is 18.4. The maximum Gasteiger partial charge on any atom is 0.307 e. The zero-order chi connectivity index (χ0) is 23.3. The molecule has 0 radical (unpaired) electrons. The van der Waals surface area contributed by atoms with Gasteiger partial charge in [-0.05, 0) is 60.5 Å². The highest BCUT2D eigenvalue weighted by Crippen LogP contribution is 2.31. The standard InChI is InChI=1S/C25H26N2O5S/c28-25(29)23-13-14-26-16-24(23)19-7-4-8-20(15-19)27-33(30,31)22-11-9-21(10-12-22)32-17-18-5-2-1-3-6-18/h1-12,15,23-24,26-27H,13-14,16-17H2,(H,28,29)/t23-,24+/m1/s1. The van der Waals surface area contributed by atoms with Gasteiger partial charge >= 0.3 is 5.97 Å². The van der Waals surface area contributed by atoms with Crippen LogP contribution in [0.2, 0.25) is 0 Å². The summed E-state index contributed by atoms with van der Waals surface area (Å²) >= 11 is 0. The molecule has 172 valence electrons. The van der Waals surface area contributed by atoms with Crippen molar-refractivity contribution < 1.29 is 23.1 Å². The molecular formula is C25H26N2O5S. The number of carbonyl (C=O) groups is 1. The predicted molar refractivity (Wildman–Crippen MR) is 126 cm³/mol. The molecule has 0 unspecified atom stereocenters. The summed E-state index contributed by atoms with van der Waals surface area (Å²) in [5.41, 5.74) is 2.21. The van der Waals surface area contributed by atoms with Crippen molar-refractivity contribution >= 4 is 21.7 Å². The third-order valence-corrected chi connectivity index (χ3v) is 7.15. The Morgan fingerprint density at radius 1 is 1.03 bits per heavy atom. The van der Waals surface area contributed by atoms with E-state index < -0.39 is 21.9 Å². The Balaban J connectivity index is 1.45. The van der Waals surface area contributed by atoms with E-state index in [1.54, 1.807) is 30.3 Å². The molecule has 1 heterocycles. The largest absolute Gasteiger partial charge is 0.489 e. The zero-order valence-corrected chi connectivity index (χ0v) is 18.8. The Bertz CT molecular complexity index is 1200. The molecule has 0 aromatic heterocycles. The summed E-state index contributed by atoms with van der Waals surface area (Å²) in [6, 6.07) is 22.9. The van der Waals surface area contributed by atoms with Crippen LogP contribution in [0.25, 0.3) is 0 Å². The molecule has 0 bridgehead atoms. The second-order valence-corrected chi connectivity index (χ2v) is 9.70. The zero-order valence-electron chi connectivity index (χ0n) is 18.0. The van der Waals surface area contributed by atoms with Gasteiger partial charge in [-0.25, -0.2) is 8.42 Å². The van der Waals surface area contributed by atoms with Crippen molar-refractivity contribution in [2.45, 2.75) is 23.8 Å². The summed E-state index contributed by atoms with van der Waals surface area (Å²) in [6.45, 7) is 1.59. The van der Waals surface area contributed by atoms with Crippen LogP contribution < -0.4 is 14.8 Å². The van der Waals surface area contributed by atoms with Gasteiger partial charge in [-0.2, -0.15) is 0 Å². The van der Waals surface area contributed by atoms with Crippen LogP contribution in [0.15, 0.2) is 83.8 Å². The van der Waals surface area contributed by atoms with E-state index in [0.717, 1.165) is 11.1 Å². The molecule has 1 aliphatic rings. The van der Waals surface area contributed by atoms with Crippen molar-refractivity contribution in [3.63, 3.8) is 0 Å². The van der Waals surface area contributed by atoms with E-state index in [4.69, 9.17) is 4.74 Å². The Morgan fingerprint density at radius 3 is 2.52 bits per heavy atom. The number of aliphatic carboxylic acids is 1. The highest BCUT2D eigenvalue weighted by Gasteiger charge is 2.32. The molecule has 4 rings (SSSR count). The molecule has 1 saturated heterocycles. The van der Waals surface area contributed by atoms with Crippen molar-refractivity contribution in [2.24, 2.45) is 5.92 Å². The summed E-state index contributed by atoms with van der Waals surface area (Å²) in [4.78, 5) is 11.8. The molecule has 2 atom stereocenters. The number of hydrogen-bond acceptors (Lipinski definition) is 5.